The molecule has 2 aromatic rings. The van der Waals surface area contributed by atoms with Crippen LogP contribution in [-0.2, 0) is 9.59 Å². The van der Waals surface area contributed by atoms with E-state index in [2.05, 4.69) is 10.6 Å². The molecule has 0 aliphatic carbocycles. The summed E-state index contributed by atoms with van der Waals surface area (Å²) < 4.78 is 10.6. The molecule has 15 heteroatoms. The predicted molar refractivity (Wildman–Crippen MR) is 143 cm³/mol. The number of non-ortho nitro benzene ring substituents is 2. The van der Waals surface area contributed by atoms with Crippen molar-refractivity contribution in [2.45, 2.75) is 24.9 Å². The van der Waals surface area contributed by atoms with Crippen molar-refractivity contribution < 1.29 is 33.7 Å². The molecule has 2 amide bonds. The minimum Gasteiger partial charge on any atom is -0.425 e. The molecule has 38 heavy (non-hydrogen) atoms. The first-order valence-electron chi connectivity index (χ1n) is 11.1. The largest absolute Gasteiger partial charge is 0.425 e. The second kappa shape index (κ2) is 15.4. The molecular formula is C23H26N4O9S2. The zero-order valence-electron chi connectivity index (χ0n) is 20.5. The van der Waals surface area contributed by atoms with E-state index in [1.54, 1.807) is 0 Å². The highest BCUT2D eigenvalue weighted by Crippen LogP contribution is 2.19. The van der Waals surface area contributed by atoms with Gasteiger partial charge in [0.2, 0.25) is 0 Å². The smallest absolute Gasteiger partial charge is 0.334 e. The van der Waals surface area contributed by atoms with Gasteiger partial charge in [0.15, 0.2) is 0 Å². The number of rotatable bonds is 14. The fourth-order valence-corrected chi connectivity index (χ4v) is 3.92. The Morgan fingerprint density at radius 1 is 0.737 bits per heavy atom. The summed E-state index contributed by atoms with van der Waals surface area (Å²) in [6.45, 7) is 0. The second-order valence-corrected chi connectivity index (χ2v) is 9.60. The maximum Gasteiger partial charge on any atom is 0.334 e. The van der Waals surface area contributed by atoms with Gasteiger partial charge in [-0.1, -0.05) is 0 Å². The molecule has 2 N–H and O–H groups in total. The monoisotopic (exact) mass is 566 g/mol. The number of hydrogen-bond acceptors (Lipinski definition) is 11. The van der Waals surface area contributed by atoms with Crippen molar-refractivity contribution in [2.75, 3.05) is 24.0 Å². The van der Waals surface area contributed by atoms with Crippen LogP contribution in [0.2, 0.25) is 0 Å². The van der Waals surface area contributed by atoms with Crippen molar-refractivity contribution >= 4 is 52.9 Å². The normalized spacial score (nSPS) is 12.1. The summed E-state index contributed by atoms with van der Waals surface area (Å²) in [6, 6.07) is 6.90. The fraction of sp³-hybridized carbons (Fsp3) is 0.348. The van der Waals surface area contributed by atoms with E-state index in [4.69, 9.17) is 9.47 Å². The molecule has 13 nitrogen and oxygen atoms in total. The third-order valence-electron chi connectivity index (χ3n) is 4.93. The van der Waals surface area contributed by atoms with Crippen molar-refractivity contribution in [1.82, 2.24) is 10.6 Å². The van der Waals surface area contributed by atoms with E-state index < -0.39 is 39.9 Å². The van der Waals surface area contributed by atoms with Crippen molar-refractivity contribution in [2.24, 2.45) is 0 Å². The molecule has 0 aliphatic rings. The summed E-state index contributed by atoms with van der Waals surface area (Å²) in [4.78, 5) is 58.6. The van der Waals surface area contributed by atoms with Crippen LogP contribution in [0.15, 0.2) is 48.5 Å². The highest BCUT2D eigenvalue weighted by Gasteiger charge is 2.27. The number of nitro benzene ring substituents is 2. The lowest BCUT2D eigenvalue weighted by Crippen LogP contribution is -2.52. The molecule has 0 saturated heterocycles. The summed E-state index contributed by atoms with van der Waals surface area (Å²) in [5.74, 6) is -0.395. The van der Waals surface area contributed by atoms with Crippen LogP contribution >= 0.6 is 23.5 Å². The van der Waals surface area contributed by atoms with Gasteiger partial charge < -0.3 is 20.1 Å². The van der Waals surface area contributed by atoms with Crippen LogP contribution in [0, 0.1) is 20.2 Å². The summed E-state index contributed by atoms with van der Waals surface area (Å²) in [5.41, 5.74) is -0.337. The van der Waals surface area contributed by atoms with Crippen LogP contribution in [0.3, 0.4) is 0 Å². The van der Waals surface area contributed by atoms with Gasteiger partial charge in [-0.25, -0.2) is 14.4 Å². The Kier molecular flexibility index (Phi) is 12.3. The molecule has 0 saturated carbocycles. The zero-order chi connectivity index (χ0) is 28.1. The minimum atomic E-state index is -1.07. The molecule has 0 aliphatic heterocycles. The average molecular weight is 567 g/mol. The van der Waals surface area contributed by atoms with E-state index in [1.807, 2.05) is 12.5 Å². The Balaban J connectivity index is 2.05. The van der Waals surface area contributed by atoms with Gasteiger partial charge in [0.05, 0.1) is 9.85 Å². The highest BCUT2D eigenvalue weighted by atomic mass is 32.2. The Bertz CT molecular complexity index is 1040. The number of esters is 2. The van der Waals surface area contributed by atoms with Crippen molar-refractivity contribution in [3.8, 4) is 11.5 Å². The summed E-state index contributed by atoms with van der Waals surface area (Å²) in [5, 5.41) is 26.6. The first-order valence-corrected chi connectivity index (χ1v) is 13.9. The third kappa shape index (κ3) is 9.89. The first kappa shape index (κ1) is 30.4. The van der Waals surface area contributed by atoms with Crippen LogP contribution in [0.25, 0.3) is 0 Å². The topological polar surface area (TPSA) is 180 Å². The SMILES string of the molecule is CSCC[C@H](NC(=O)N[C@H](CCSC)C(=O)Oc1ccc([N+](=O)[O-])cc1)C(=O)Oc1ccc([N+](=O)[O-])cc1. The number of ether oxygens (including phenoxy) is 2. The zero-order valence-corrected chi connectivity index (χ0v) is 22.1. The summed E-state index contributed by atoms with van der Waals surface area (Å²) in [7, 11) is 0. The molecule has 0 spiro atoms. The van der Waals surface area contributed by atoms with Crippen LogP contribution in [-0.4, -0.2) is 63.9 Å². The highest BCUT2D eigenvalue weighted by molar-refractivity contribution is 7.98. The van der Waals surface area contributed by atoms with Gasteiger partial charge in [-0.3, -0.25) is 20.2 Å². The van der Waals surface area contributed by atoms with E-state index in [1.165, 1.54) is 72.1 Å². The van der Waals surface area contributed by atoms with Crippen LogP contribution in [0.4, 0.5) is 16.2 Å². The number of nitrogens with zero attached hydrogens (tertiary/aromatic N) is 2. The average Bonchev–Trinajstić information content (AvgIpc) is 2.89. The lowest BCUT2D eigenvalue weighted by Gasteiger charge is -2.21. The second-order valence-electron chi connectivity index (χ2n) is 7.63. The summed E-state index contributed by atoms with van der Waals surface area (Å²) in [6.07, 6.45) is 4.10. The first-order chi connectivity index (χ1) is 18.1. The summed E-state index contributed by atoms with van der Waals surface area (Å²) >= 11 is 2.89. The Labute approximate surface area is 226 Å². The van der Waals surface area contributed by atoms with Crippen molar-refractivity contribution in [1.29, 1.82) is 0 Å². The molecular weight excluding hydrogens is 540 g/mol. The van der Waals surface area contributed by atoms with E-state index in [0.29, 0.717) is 11.5 Å². The lowest BCUT2D eigenvalue weighted by molar-refractivity contribution is -0.385. The lowest BCUT2D eigenvalue weighted by atomic mass is 10.2. The molecule has 2 atom stereocenters. The molecule has 0 radical (unpaired) electrons. The molecule has 0 heterocycles. The van der Waals surface area contributed by atoms with Gasteiger partial charge >= 0.3 is 18.0 Å². The van der Waals surface area contributed by atoms with Gasteiger partial charge in [-0.2, -0.15) is 23.5 Å². The predicted octanol–water partition coefficient (Wildman–Crippen LogP) is 3.56. The molecule has 2 rings (SSSR count). The maximum absolute atomic E-state index is 12.7. The number of carbonyl (C=O) groups excluding carboxylic acids is 3. The van der Waals surface area contributed by atoms with Crippen LogP contribution in [0.1, 0.15) is 12.8 Å². The number of carbonyl (C=O) groups is 3. The molecule has 0 bridgehead atoms. The Morgan fingerprint density at radius 2 is 1.08 bits per heavy atom. The van der Waals surface area contributed by atoms with Gasteiger partial charge in [0.1, 0.15) is 23.6 Å². The number of urea groups is 1. The Morgan fingerprint density at radius 3 is 1.37 bits per heavy atom. The molecule has 204 valence electrons. The van der Waals surface area contributed by atoms with Crippen LogP contribution in [0.5, 0.6) is 11.5 Å². The molecule has 0 unspecified atom stereocenters. The fourth-order valence-electron chi connectivity index (χ4n) is 2.97. The standard InChI is InChI=1S/C23H26N4O9S2/c1-37-13-11-19(21(28)35-17-7-3-15(4-8-17)26(31)32)24-23(30)25-20(12-14-38-2)22(29)36-18-9-5-16(6-10-18)27(33)34/h3-10,19-20H,11-14H2,1-2H3,(H2,24,25,30)/t19-,20+. The van der Waals surface area contributed by atoms with E-state index in [-0.39, 0.29) is 35.7 Å². The molecule has 0 aromatic heterocycles. The van der Waals surface area contributed by atoms with Gasteiger partial charge in [-0.05, 0) is 61.1 Å². The quantitative estimate of drug-likeness (QED) is 0.148. The van der Waals surface area contributed by atoms with Crippen molar-refractivity contribution in [3.63, 3.8) is 0 Å². The maximum atomic E-state index is 12.7. The van der Waals surface area contributed by atoms with Gasteiger partial charge in [-0.15, -0.1) is 0 Å². The number of thioether (sulfide) groups is 2. The number of amides is 2. The number of benzene rings is 2. The van der Waals surface area contributed by atoms with Gasteiger partial charge in [0.25, 0.3) is 11.4 Å². The number of hydrogen-bond donors (Lipinski definition) is 2. The van der Waals surface area contributed by atoms with Gasteiger partial charge in [0, 0.05) is 24.3 Å². The Hall–Kier alpha value is -3.85. The number of nitrogens with one attached hydrogen (secondary N) is 2. The number of nitro groups is 2. The minimum absolute atomic E-state index is 0.0708. The third-order valence-corrected chi connectivity index (χ3v) is 6.22. The van der Waals surface area contributed by atoms with Crippen LogP contribution < -0.4 is 20.1 Å². The molecule has 0 fully saturated rings. The van der Waals surface area contributed by atoms with E-state index in [0.717, 1.165) is 0 Å². The van der Waals surface area contributed by atoms with E-state index >= 15 is 0 Å². The molecule has 2 aromatic carbocycles. The van der Waals surface area contributed by atoms with E-state index in [9.17, 15) is 34.6 Å². The van der Waals surface area contributed by atoms with Crippen molar-refractivity contribution in [3.05, 3.63) is 68.8 Å².